The molecule has 1 aliphatic carbocycles. The number of allylic oxidation sites excluding steroid dienone is 2. The zero-order chi connectivity index (χ0) is 22.2. The average molecular weight is 412 g/mol. The summed E-state index contributed by atoms with van der Waals surface area (Å²) in [6.07, 6.45) is -1.83. The van der Waals surface area contributed by atoms with Gasteiger partial charge in [0.05, 0.1) is 18.3 Å². The number of alkyl halides is 3. The molecular formula is C23H31F3O3. The molecule has 1 aromatic rings. The van der Waals surface area contributed by atoms with Gasteiger partial charge in [-0.1, -0.05) is 26.0 Å². The van der Waals surface area contributed by atoms with Crippen LogP contribution < -0.4 is 0 Å². The number of halogens is 3. The van der Waals surface area contributed by atoms with E-state index in [9.17, 15) is 18.0 Å². The highest BCUT2D eigenvalue weighted by Crippen LogP contribution is 2.46. The molecular weight excluding hydrogens is 381 g/mol. The summed E-state index contributed by atoms with van der Waals surface area (Å²) >= 11 is 0. The number of aryl methyl sites for hydroxylation is 1. The fourth-order valence-corrected chi connectivity index (χ4v) is 3.66. The fraction of sp³-hybridized carbons (Fsp3) is 0.609. The summed E-state index contributed by atoms with van der Waals surface area (Å²) in [7, 11) is 1.16. The monoisotopic (exact) mass is 412 g/mol. The molecule has 0 amide bonds. The summed E-state index contributed by atoms with van der Waals surface area (Å²) in [4.78, 5) is 12.6. The van der Waals surface area contributed by atoms with E-state index in [-0.39, 0.29) is 11.0 Å². The maximum Gasteiger partial charge on any atom is 0.416 e. The second-order valence-corrected chi connectivity index (χ2v) is 9.45. The van der Waals surface area contributed by atoms with E-state index in [1.54, 1.807) is 27.7 Å². The lowest BCUT2D eigenvalue weighted by molar-refractivity contribution is -0.166. The van der Waals surface area contributed by atoms with Crippen molar-refractivity contribution in [3.63, 3.8) is 0 Å². The maximum absolute atomic E-state index is 14.0. The maximum atomic E-state index is 14.0. The molecule has 0 spiro atoms. The average Bonchev–Trinajstić information content (AvgIpc) is 2.57. The minimum atomic E-state index is -4.63. The highest BCUT2D eigenvalue weighted by atomic mass is 19.4. The van der Waals surface area contributed by atoms with Gasteiger partial charge >= 0.3 is 12.1 Å². The Labute approximate surface area is 171 Å². The van der Waals surface area contributed by atoms with E-state index in [0.717, 1.165) is 31.6 Å². The van der Waals surface area contributed by atoms with Crippen LogP contribution in [0.2, 0.25) is 0 Å². The molecule has 162 valence electrons. The molecule has 1 atom stereocenters. The Kier molecular flexibility index (Phi) is 6.58. The van der Waals surface area contributed by atoms with Crippen molar-refractivity contribution < 1.29 is 27.4 Å². The number of rotatable bonds is 4. The summed E-state index contributed by atoms with van der Waals surface area (Å²) in [6, 6.07) is 2.50. The first-order chi connectivity index (χ1) is 13.2. The van der Waals surface area contributed by atoms with E-state index in [4.69, 9.17) is 9.47 Å². The zero-order valence-electron chi connectivity index (χ0n) is 18.3. The van der Waals surface area contributed by atoms with Crippen LogP contribution in [0.3, 0.4) is 0 Å². The van der Waals surface area contributed by atoms with Crippen LogP contribution in [-0.4, -0.2) is 18.7 Å². The molecule has 0 radical (unpaired) electrons. The van der Waals surface area contributed by atoms with Gasteiger partial charge in [0.2, 0.25) is 0 Å². The lowest BCUT2D eigenvalue weighted by Gasteiger charge is -2.33. The Morgan fingerprint density at radius 2 is 1.79 bits per heavy atom. The standard InChI is InChI=1S/C23H31F3O3/c1-14-8-9-16(23(24,25)26)18(19(20(27)28-7)29-21(2,3)4)17(14)15-10-12-22(5,6)13-11-15/h8-10,19H,11-13H2,1-7H3. The van der Waals surface area contributed by atoms with Gasteiger partial charge in [-0.25, -0.2) is 4.79 Å². The largest absolute Gasteiger partial charge is 0.467 e. The summed E-state index contributed by atoms with van der Waals surface area (Å²) < 4.78 is 52.6. The summed E-state index contributed by atoms with van der Waals surface area (Å²) in [6.45, 7) is 11.2. The van der Waals surface area contributed by atoms with Crippen LogP contribution in [0.25, 0.3) is 5.57 Å². The van der Waals surface area contributed by atoms with Gasteiger partial charge in [0.1, 0.15) is 0 Å². The lowest BCUT2D eigenvalue weighted by Crippen LogP contribution is -2.31. The number of hydrogen-bond donors (Lipinski definition) is 0. The topological polar surface area (TPSA) is 35.5 Å². The van der Waals surface area contributed by atoms with Crippen molar-refractivity contribution in [3.8, 4) is 0 Å². The molecule has 6 heteroatoms. The predicted octanol–water partition coefficient (Wildman–Crippen LogP) is 6.64. The zero-order valence-corrected chi connectivity index (χ0v) is 18.3. The SMILES string of the molecule is COC(=O)C(OC(C)(C)C)c1c(C(F)(F)F)ccc(C)c1C1=CCC(C)(C)CC1. The predicted molar refractivity (Wildman–Crippen MR) is 107 cm³/mol. The molecule has 0 bridgehead atoms. The normalized spacial score (nSPS) is 18.2. The van der Waals surface area contributed by atoms with Crippen molar-refractivity contribution in [1.82, 2.24) is 0 Å². The van der Waals surface area contributed by atoms with E-state index in [2.05, 4.69) is 13.8 Å². The first-order valence-corrected chi connectivity index (χ1v) is 9.82. The van der Waals surface area contributed by atoms with Crippen LogP contribution in [0.1, 0.15) is 82.2 Å². The highest BCUT2D eigenvalue weighted by molar-refractivity contribution is 5.82. The minimum Gasteiger partial charge on any atom is -0.467 e. The molecule has 3 nitrogen and oxygen atoms in total. The molecule has 2 rings (SSSR count). The van der Waals surface area contributed by atoms with E-state index in [1.807, 2.05) is 6.08 Å². The van der Waals surface area contributed by atoms with Crippen LogP contribution >= 0.6 is 0 Å². The third-order valence-corrected chi connectivity index (χ3v) is 5.20. The highest BCUT2D eigenvalue weighted by Gasteiger charge is 2.42. The van der Waals surface area contributed by atoms with E-state index in [0.29, 0.717) is 17.5 Å². The summed E-state index contributed by atoms with van der Waals surface area (Å²) in [5, 5.41) is 0. The number of hydrogen-bond acceptors (Lipinski definition) is 3. The Hall–Kier alpha value is -1.82. The Bertz CT molecular complexity index is 799. The molecule has 0 fully saturated rings. The Morgan fingerprint density at radius 1 is 1.17 bits per heavy atom. The van der Waals surface area contributed by atoms with E-state index >= 15 is 0 Å². The molecule has 0 saturated carbocycles. The van der Waals surface area contributed by atoms with Crippen LogP contribution in [0.5, 0.6) is 0 Å². The van der Waals surface area contributed by atoms with Crippen LogP contribution in [-0.2, 0) is 20.4 Å². The number of benzene rings is 1. The molecule has 1 aliphatic rings. The molecule has 1 aromatic carbocycles. The fourth-order valence-electron chi connectivity index (χ4n) is 3.66. The van der Waals surface area contributed by atoms with Crippen LogP contribution in [0.4, 0.5) is 13.2 Å². The van der Waals surface area contributed by atoms with Crippen LogP contribution in [0.15, 0.2) is 18.2 Å². The van der Waals surface area contributed by atoms with Gasteiger partial charge < -0.3 is 9.47 Å². The lowest BCUT2D eigenvalue weighted by atomic mass is 9.75. The molecule has 0 heterocycles. The molecule has 1 unspecified atom stereocenters. The molecule has 0 N–H and O–H groups in total. The van der Waals surface area contributed by atoms with Crippen molar-refractivity contribution in [3.05, 3.63) is 40.5 Å². The van der Waals surface area contributed by atoms with Gasteiger partial charge in [-0.05, 0) is 75.1 Å². The first kappa shape index (κ1) is 23.5. The van der Waals surface area contributed by atoms with Crippen molar-refractivity contribution >= 4 is 11.5 Å². The van der Waals surface area contributed by atoms with Gasteiger partial charge in [0.15, 0.2) is 6.10 Å². The number of methoxy groups -OCH3 is 1. The van der Waals surface area contributed by atoms with E-state index in [1.165, 1.54) is 6.07 Å². The Morgan fingerprint density at radius 3 is 2.24 bits per heavy atom. The minimum absolute atomic E-state index is 0.100. The van der Waals surface area contributed by atoms with Crippen molar-refractivity contribution in [2.45, 2.75) is 78.7 Å². The van der Waals surface area contributed by atoms with Crippen molar-refractivity contribution in [1.29, 1.82) is 0 Å². The molecule has 0 saturated heterocycles. The molecule has 0 aromatic heterocycles. The summed E-state index contributed by atoms with van der Waals surface area (Å²) in [5.74, 6) is -0.839. The number of esters is 1. The smallest absolute Gasteiger partial charge is 0.416 e. The second-order valence-electron chi connectivity index (χ2n) is 9.45. The van der Waals surface area contributed by atoms with Gasteiger partial charge in [0.25, 0.3) is 0 Å². The first-order valence-electron chi connectivity index (χ1n) is 9.82. The third kappa shape index (κ3) is 5.62. The second kappa shape index (κ2) is 8.13. The number of carbonyl (C=O) groups is 1. The Balaban J connectivity index is 2.80. The number of carbonyl (C=O) groups excluding carboxylic acids is 1. The van der Waals surface area contributed by atoms with Crippen molar-refractivity contribution in [2.75, 3.05) is 7.11 Å². The quantitative estimate of drug-likeness (QED) is 0.520. The van der Waals surface area contributed by atoms with Crippen LogP contribution in [0, 0.1) is 12.3 Å². The molecule has 29 heavy (non-hydrogen) atoms. The molecule has 0 aliphatic heterocycles. The summed E-state index contributed by atoms with van der Waals surface area (Å²) in [5.41, 5.74) is 0.220. The number of ether oxygens (including phenoxy) is 2. The van der Waals surface area contributed by atoms with Gasteiger partial charge in [-0.2, -0.15) is 13.2 Å². The van der Waals surface area contributed by atoms with Gasteiger partial charge in [-0.15, -0.1) is 0 Å². The van der Waals surface area contributed by atoms with Gasteiger partial charge in [0, 0.05) is 5.56 Å². The van der Waals surface area contributed by atoms with E-state index < -0.39 is 29.4 Å². The van der Waals surface area contributed by atoms with Crippen molar-refractivity contribution in [2.24, 2.45) is 5.41 Å². The third-order valence-electron chi connectivity index (χ3n) is 5.20. The van der Waals surface area contributed by atoms with Gasteiger partial charge in [-0.3, -0.25) is 0 Å².